The fourth-order valence-electron chi connectivity index (χ4n) is 4.26. The highest BCUT2D eigenvalue weighted by molar-refractivity contribution is 7.99. The Balaban J connectivity index is 1.54. The summed E-state index contributed by atoms with van der Waals surface area (Å²) in [6.07, 6.45) is -4.58. The van der Waals surface area contributed by atoms with Gasteiger partial charge in [-0.15, -0.1) is 0 Å². The Morgan fingerprint density at radius 1 is 1.08 bits per heavy atom. The van der Waals surface area contributed by atoms with E-state index in [2.05, 4.69) is 10.3 Å². The van der Waals surface area contributed by atoms with E-state index >= 15 is 0 Å². The Kier molecular flexibility index (Phi) is 6.70. The molecule has 0 fully saturated rings. The number of benzene rings is 3. The Hall–Kier alpha value is -3.76. The van der Waals surface area contributed by atoms with Gasteiger partial charge in [0, 0.05) is 10.9 Å². The van der Waals surface area contributed by atoms with Crippen molar-refractivity contribution < 1.29 is 18.0 Å². The maximum Gasteiger partial charge on any atom is 0.416 e. The van der Waals surface area contributed by atoms with E-state index in [1.54, 1.807) is 0 Å². The highest BCUT2D eigenvalue weighted by atomic mass is 35.5. The fourth-order valence-corrected chi connectivity index (χ4v) is 5.23. The number of carbonyl (C=O) groups is 1. The third-order valence-electron chi connectivity index (χ3n) is 5.86. The molecule has 6 nitrogen and oxygen atoms in total. The van der Waals surface area contributed by atoms with Crippen LogP contribution in [0.4, 0.5) is 18.9 Å². The molecule has 0 saturated carbocycles. The minimum absolute atomic E-state index is 0.0261. The van der Waals surface area contributed by atoms with Gasteiger partial charge < -0.3 is 10.3 Å². The molecule has 0 aliphatic carbocycles. The van der Waals surface area contributed by atoms with Gasteiger partial charge >= 0.3 is 6.18 Å². The summed E-state index contributed by atoms with van der Waals surface area (Å²) < 4.78 is 40.8. The van der Waals surface area contributed by atoms with Crippen LogP contribution in [-0.4, -0.2) is 26.2 Å². The molecule has 0 aliphatic rings. The SMILES string of the molecule is Cc1cc(C)cc(-n2c(SCC(=O)Nc3cc(C(F)(F)F)ccc3Cl)nc3c([nH]c4ccccc43)c2=O)c1. The van der Waals surface area contributed by atoms with Crippen LogP contribution in [0.15, 0.2) is 70.6 Å². The molecule has 11 heteroatoms. The smallest absolute Gasteiger partial charge is 0.349 e. The molecular formula is C27H20ClF3N4O2S. The Morgan fingerprint density at radius 2 is 1.79 bits per heavy atom. The molecule has 194 valence electrons. The maximum atomic E-state index is 13.7. The number of H-pyrrole nitrogens is 1. The predicted molar refractivity (Wildman–Crippen MR) is 144 cm³/mol. The second-order valence-electron chi connectivity index (χ2n) is 8.80. The van der Waals surface area contributed by atoms with Crippen molar-refractivity contribution in [1.29, 1.82) is 0 Å². The number of hydrogen-bond acceptors (Lipinski definition) is 4. The van der Waals surface area contributed by atoms with Gasteiger partial charge in [-0.25, -0.2) is 4.98 Å². The zero-order valence-corrected chi connectivity index (χ0v) is 21.7. The van der Waals surface area contributed by atoms with Crippen LogP contribution in [0.2, 0.25) is 5.02 Å². The second-order valence-corrected chi connectivity index (χ2v) is 10.2. The van der Waals surface area contributed by atoms with E-state index in [0.29, 0.717) is 16.7 Å². The fraction of sp³-hybridized carbons (Fsp3) is 0.148. The Labute approximate surface area is 223 Å². The van der Waals surface area contributed by atoms with Crippen molar-refractivity contribution in [1.82, 2.24) is 14.5 Å². The lowest BCUT2D eigenvalue weighted by atomic mass is 10.1. The number of aromatic nitrogens is 3. The summed E-state index contributed by atoms with van der Waals surface area (Å²) in [7, 11) is 0. The summed E-state index contributed by atoms with van der Waals surface area (Å²) in [4.78, 5) is 34.4. The number of rotatable bonds is 5. The minimum atomic E-state index is -4.58. The minimum Gasteiger partial charge on any atom is -0.349 e. The number of nitrogens with zero attached hydrogens (tertiary/aromatic N) is 2. The summed E-state index contributed by atoms with van der Waals surface area (Å²) in [6, 6.07) is 15.7. The van der Waals surface area contributed by atoms with Gasteiger partial charge in [-0.3, -0.25) is 14.2 Å². The van der Waals surface area contributed by atoms with E-state index in [1.807, 2.05) is 56.3 Å². The highest BCUT2D eigenvalue weighted by Gasteiger charge is 2.31. The first kappa shape index (κ1) is 25.9. The zero-order chi connectivity index (χ0) is 27.2. The van der Waals surface area contributed by atoms with Gasteiger partial charge in [0.25, 0.3) is 5.56 Å². The van der Waals surface area contributed by atoms with E-state index in [0.717, 1.165) is 52.0 Å². The summed E-state index contributed by atoms with van der Waals surface area (Å²) in [5.74, 6) is -0.825. The first-order chi connectivity index (χ1) is 18.0. The van der Waals surface area contributed by atoms with E-state index in [-0.39, 0.29) is 27.2 Å². The van der Waals surface area contributed by atoms with Crippen LogP contribution in [0.3, 0.4) is 0 Å². The molecule has 2 heterocycles. The molecule has 0 atom stereocenters. The molecule has 5 rings (SSSR count). The quantitative estimate of drug-likeness (QED) is 0.182. The summed E-state index contributed by atoms with van der Waals surface area (Å²) in [6.45, 7) is 3.82. The van der Waals surface area contributed by atoms with Crippen LogP contribution in [0, 0.1) is 13.8 Å². The molecule has 2 aromatic heterocycles. The molecule has 0 aliphatic heterocycles. The van der Waals surface area contributed by atoms with Crippen LogP contribution >= 0.6 is 23.4 Å². The number of thioether (sulfide) groups is 1. The number of halogens is 4. The molecule has 0 bridgehead atoms. The number of carbonyl (C=O) groups excluding carboxylic acids is 1. The lowest BCUT2D eigenvalue weighted by Gasteiger charge is -2.14. The van der Waals surface area contributed by atoms with Crippen molar-refractivity contribution in [3.63, 3.8) is 0 Å². The maximum absolute atomic E-state index is 13.7. The summed E-state index contributed by atoms with van der Waals surface area (Å²) >= 11 is 7.02. The van der Waals surface area contributed by atoms with Gasteiger partial charge in [-0.2, -0.15) is 13.2 Å². The molecule has 5 aromatic rings. The number of aromatic amines is 1. The van der Waals surface area contributed by atoms with Gasteiger partial charge in [-0.1, -0.05) is 47.6 Å². The highest BCUT2D eigenvalue weighted by Crippen LogP contribution is 2.34. The van der Waals surface area contributed by atoms with Crippen LogP contribution in [0.5, 0.6) is 0 Å². The first-order valence-electron chi connectivity index (χ1n) is 11.4. The summed E-state index contributed by atoms with van der Waals surface area (Å²) in [5, 5.41) is 3.43. The molecule has 0 unspecified atom stereocenters. The van der Waals surface area contributed by atoms with E-state index in [1.165, 1.54) is 4.57 Å². The second kappa shape index (κ2) is 9.85. The van der Waals surface area contributed by atoms with E-state index < -0.39 is 17.6 Å². The molecule has 2 N–H and O–H groups in total. The van der Waals surface area contributed by atoms with Crippen molar-refractivity contribution in [3.8, 4) is 5.69 Å². The number of aryl methyl sites for hydroxylation is 2. The molecule has 0 radical (unpaired) electrons. The number of para-hydroxylation sites is 1. The average molecular weight is 557 g/mol. The number of fused-ring (bicyclic) bond motifs is 3. The van der Waals surface area contributed by atoms with Crippen molar-refractivity contribution >= 4 is 56.9 Å². The molecule has 1 amide bonds. The molecule has 0 saturated heterocycles. The monoisotopic (exact) mass is 556 g/mol. The molecular weight excluding hydrogens is 537 g/mol. The summed E-state index contributed by atoms with van der Waals surface area (Å²) in [5.41, 5.74) is 2.60. The number of amides is 1. The van der Waals surface area contributed by atoms with Crippen molar-refractivity contribution in [2.24, 2.45) is 0 Å². The van der Waals surface area contributed by atoms with Gasteiger partial charge in [0.2, 0.25) is 5.91 Å². The first-order valence-corrected chi connectivity index (χ1v) is 12.8. The van der Waals surface area contributed by atoms with Crippen LogP contribution in [0.1, 0.15) is 16.7 Å². The van der Waals surface area contributed by atoms with Crippen LogP contribution in [-0.2, 0) is 11.0 Å². The van der Waals surface area contributed by atoms with Gasteiger partial charge in [-0.05, 0) is 61.4 Å². The van der Waals surface area contributed by atoms with Crippen molar-refractivity contribution in [2.45, 2.75) is 25.2 Å². The topological polar surface area (TPSA) is 79.8 Å². The normalized spacial score (nSPS) is 11.8. The van der Waals surface area contributed by atoms with Crippen LogP contribution in [0.25, 0.3) is 27.6 Å². The largest absolute Gasteiger partial charge is 0.416 e. The Morgan fingerprint density at radius 3 is 2.50 bits per heavy atom. The number of alkyl halides is 3. The van der Waals surface area contributed by atoms with E-state index in [9.17, 15) is 22.8 Å². The van der Waals surface area contributed by atoms with E-state index in [4.69, 9.17) is 16.6 Å². The van der Waals surface area contributed by atoms with Crippen molar-refractivity contribution in [2.75, 3.05) is 11.1 Å². The number of anilines is 1. The number of nitrogens with one attached hydrogen (secondary N) is 2. The Bertz CT molecular complexity index is 1760. The van der Waals surface area contributed by atoms with Gasteiger partial charge in [0.15, 0.2) is 5.16 Å². The number of hydrogen-bond donors (Lipinski definition) is 2. The molecule has 38 heavy (non-hydrogen) atoms. The molecule has 0 spiro atoms. The zero-order valence-electron chi connectivity index (χ0n) is 20.1. The average Bonchev–Trinajstić information content (AvgIpc) is 3.22. The lowest BCUT2D eigenvalue weighted by molar-refractivity contribution is -0.137. The predicted octanol–water partition coefficient (Wildman–Crippen LogP) is 6.89. The van der Waals surface area contributed by atoms with Crippen molar-refractivity contribution in [3.05, 3.63) is 92.7 Å². The third kappa shape index (κ3) is 5.01. The van der Waals surface area contributed by atoms with Crippen LogP contribution < -0.4 is 10.9 Å². The lowest BCUT2D eigenvalue weighted by Crippen LogP contribution is -2.23. The third-order valence-corrected chi connectivity index (χ3v) is 7.13. The standard InChI is InChI=1S/C27H20ClF3N4O2S/c1-14-9-15(2)11-17(10-14)35-25(37)24-23(18-5-3-4-6-20(18)33-24)34-26(35)38-13-22(36)32-21-12-16(27(29,30)31)7-8-19(21)28/h3-12,33H,13H2,1-2H3,(H,32,36). The van der Waals surface area contributed by atoms with Gasteiger partial charge in [0.1, 0.15) is 11.0 Å². The van der Waals surface area contributed by atoms with Gasteiger partial charge in [0.05, 0.1) is 27.7 Å². The molecule has 3 aromatic carbocycles.